The average Bonchev–Trinajstić information content (AvgIpc) is 3.26. The second kappa shape index (κ2) is 12.2. The molecule has 4 rings (SSSR count). The van der Waals surface area contributed by atoms with Gasteiger partial charge in [0, 0.05) is 5.69 Å². The van der Waals surface area contributed by atoms with E-state index < -0.39 is 0 Å². The highest BCUT2D eigenvalue weighted by molar-refractivity contribution is 7.99. The van der Waals surface area contributed by atoms with Crippen LogP contribution in [0.5, 0.6) is 0 Å². The molecule has 1 atom stereocenters. The summed E-state index contributed by atoms with van der Waals surface area (Å²) < 4.78 is 2.11. The zero-order valence-corrected chi connectivity index (χ0v) is 21.0. The van der Waals surface area contributed by atoms with Gasteiger partial charge in [-0.05, 0) is 56.0 Å². The summed E-state index contributed by atoms with van der Waals surface area (Å²) in [5.74, 6) is 1.73. The number of benzene rings is 2. The highest BCUT2D eigenvalue weighted by atomic mass is 32.2. The van der Waals surface area contributed by atoms with E-state index in [0.29, 0.717) is 11.7 Å². The number of aromatic nitrogens is 3. The highest BCUT2D eigenvalue weighted by Crippen LogP contribution is 2.25. The molecular weight excluding hydrogens is 442 g/mol. The maximum atomic E-state index is 13.0. The topological polar surface area (TPSA) is 63.1 Å². The van der Waals surface area contributed by atoms with Gasteiger partial charge in [0.25, 0.3) is 0 Å². The third kappa shape index (κ3) is 6.70. The molecule has 0 spiro atoms. The predicted octanol–water partition coefficient (Wildman–Crippen LogP) is 5.25. The number of hydrogen-bond donors (Lipinski definition) is 1. The first-order valence-electron chi connectivity index (χ1n) is 12.3. The number of hydrogen-bond acceptors (Lipinski definition) is 5. The summed E-state index contributed by atoms with van der Waals surface area (Å²) in [5, 5.41) is 13.0. The van der Waals surface area contributed by atoms with E-state index in [-0.39, 0.29) is 11.9 Å². The molecule has 1 saturated heterocycles. The zero-order valence-electron chi connectivity index (χ0n) is 20.2. The summed E-state index contributed by atoms with van der Waals surface area (Å²) in [6, 6.07) is 20.4. The summed E-state index contributed by atoms with van der Waals surface area (Å²) in [6.45, 7) is 7.34. The Kier molecular flexibility index (Phi) is 8.77. The van der Waals surface area contributed by atoms with Crippen molar-refractivity contribution < 1.29 is 4.79 Å². The van der Waals surface area contributed by atoms with E-state index in [1.54, 1.807) is 0 Å². The van der Waals surface area contributed by atoms with Gasteiger partial charge in [-0.3, -0.25) is 14.3 Å². The second-order valence-electron chi connectivity index (χ2n) is 9.36. The first kappa shape index (κ1) is 24.5. The fraction of sp³-hybridized carbons (Fsp3) is 0.444. The monoisotopic (exact) mass is 477 g/mol. The van der Waals surface area contributed by atoms with Crippen LogP contribution in [0.25, 0.3) is 5.69 Å². The number of carbonyl (C=O) groups excluding carboxylic acids is 1. The Bertz CT molecular complexity index is 1030. The molecule has 1 aliphatic heterocycles. The fourth-order valence-electron chi connectivity index (χ4n) is 4.45. The molecular formula is C27H35N5OS. The molecule has 1 N–H and O–H groups in total. The van der Waals surface area contributed by atoms with Gasteiger partial charge in [-0.15, -0.1) is 10.2 Å². The maximum Gasteiger partial charge on any atom is 0.230 e. The number of para-hydroxylation sites is 1. The lowest BCUT2D eigenvalue weighted by Gasteiger charge is -2.26. The molecule has 34 heavy (non-hydrogen) atoms. The van der Waals surface area contributed by atoms with E-state index in [1.807, 2.05) is 36.4 Å². The lowest BCUT2D eigenvalue weighted by Crippen LogP contribution is -2.31. The van der Waals surface area contributed by atoms with E-state index >= 15 is 0 Å². The molecule has 3 aromatic rings. The van der Waals surface area contributed by atoms with E-state index in [2.05, 4.69) is 63.1 Å². The van der Waals surface area contributed by atoms with Crippen molar-refractivity contribution in [2.75, 3.05) is 18.8 Å². The third-order valence-electron chi connectivity index (χ3n) is 6.11. The Morgan fingerprint density at radius 1 is 0.971 bits per heavy atom. The van der Waals surface area contributed by atoms with Crippen molar-refractivity contribution in [1.82, 2.24) is 25.0 Å². The van der Waals surface area contributed by atoms with E-state index in [1.165, 1.54) is 31.0 Å². The van der Waals surface area contributed by atoms with Crippen LogP contribution >= 0.6 is 11.8 Å². The molecule has 0 radical (unpaired) electrons. The van der Waals surface area contributed by atoms with Crippen LogP contribution < -0.4 is 5.32 Å². The SMILES string of the molecule is CC(C)CC(NC(=O)CSc1nnc(CN2CCCCC2)n1-c1ccccc1)c1ccccc1. The summed E-state index contributed by atoms with van der Waals surface area (Å²) in [4.78, 5) is 15.4. The van der Waals surface area contributed by atoms with Crippen molar-refractivity contribution in [2.24, 2.45) is 5.92 Å². The molecule has 0 bridgehead atoms. The van der Waals surface area contributed by atoms with E-state index in [4.69, 9.17) is 0 Å². The van der Waals surface area contributed by atoms with Crippen LogP contribution in [0.2, 0.25) is 0 Å². The number of nitrogens with zero attached hydrogens (tertiary/aromatic N) is 4. The van der Waals surface area contributed by atoms with Crippen molar-refractivity contribution in [3.8, 4) is 5.69 Å². The fourth-order valence-corrected chi connectivity index (χ4v) is 5.23. The van der Waals surface area contributed by atoms with Gasteiger partial charge in [0.15, 0.2) is 11.0 Å². The molecule has 1 fully saturated rings. The largest absolute Gasteiger partial charge is 0.349 e. The van der Waals surface area contributed by atoms with Crippen molar-refractivity contribution in [2.45, 2.75) is 57.3 Å². The predicted molar refractivity (Wildman–Crippen MR) is 138 cm³/mol. The van der Waals surface area contributed by atoms with Crippen molar-refractivity contribution in [3.05, 3.63) is 72.1 Å². The van der Waals surface area contributed by atoms with Crippen LogP contribution in [0.15, 0.2) is 65.8 Å². The maximum absolute atomic E-state index is 13.0. The molecule has 1 unspecified atom stereocenters. The summed E-state index contributed by atoms with van der Waals surface area (Å²) in [7, 11) is 0. The van der Waals surface area contributed by atoms with Gasteiger partial charge in [-0.2, -0.15) is 0 Å². The van der Waals surface area contributed by atoms with Gasteiger partial charge in [0.1, 0.15) is 0 Å². The van der Waals surface area contributed by atoms with Crippen LogP contribution in [-0.2, 0) is 11.3 Å². The van der Waals surface area contributed by atoms with Gasteiger partial charge in [0.05, 0.1) is 18.3 Å². The normalized spacial score (nSPS) is 15.4. The number of carbonyl (C=O) groups is 1. The molecule has 0 saturated carbocycles. The van der Waals surface area contributed by atoms with Crippen LogP contribution in [0.1, 0.15) is 57.0 Å². The first-order chi connectivity index (χ1) is 16.6. The number of amides is 1. The van der Waals surface area contributed by atoms with Crippen LogP contribution in [0, 0.1) is 5.92 Å². The summed E-state index contributed by atoms with van der Waals surface area (Å²) in [5.41, 5.74) is 2.18. The molecule has 7 heteroatoms. The number of rotatable bonds is 10. The van der Waals surface area contributed by atoms with Gasteiger partial charge in [-0.25, -0.2) is 0 Å². The summed E-state index contributed by atoms with van der Waals surface area (Å²) in [6.07, 6.45) is 4.68. The Labute approximate surface area is 207 Å². The number of thioether (sulfide) groups is 1. The molecule has 6 nitrogen and oxygen atoms in total. The zero-order chi connectivity index (χ0) is 23.8. The average molecular weight is 478 g/mol. The molecule has 2 heterocycles. The lowest BCUT2D eigenvalue weighted by molar-refractivity contribution is -0.119. The lowest BCUT2D eigenvalue weighted by atomic mass is 9.97. The number of likely N-dealkylation sites (tertiary alicyclic amines) is 1. The quantitative estimate of drug-likeness (QED) is 0.404. The smallest absolute Gasteiger partial charge is 0.230 e. The first-order valence-corrected chi connectivity index (χ1v) is 13.3. The minimum Gasteiger partial charge on any atom is -0.349 e. The van der Waals surface area contributed by atoms with Crippen LogP contribution in [0.3, 0.4) is 0 Å². The van der Waals surface area contributed by atoms with Crippen molar-refractivity contribution in [3.63, 3.8) is 0 Å². The van der Waals surface area contributed by atoms with E-state index in [9.17, 15) is 4.79 Å². The summed E-state index contributed by atoms with van der Waals surface area (Å²) >= 11 is 1.45. The van der Waals surface area contributed by atoms with Crippen molar-refractivity contribution >= 4 is 17.7 Å². The Morgan fingerprint density at radius 2 is 1.65 bits per heavy atom. The van der Waals surface area contributed by atoms with Gasteiger partial charge >= 0.3 is 0 Å². The second-order valence-corrected chi connectivity index (χ2v) is 10.3. The third-order valence-corrected chi connectivity index (χ3v) is 7.03. The Morgan fingerprint density at radius 3 is 2.32 bits per heavy atom. The highest BCUT2D eigenvalue weighted by Gasteiger charge is 2.21. The van der Waals surface area contributed by atoms with Gasteiger partial charge < -0.3 is 5.32 Å². The molecule has 1 amide bonds. The molecule has 1 aliphatic rings. The van der Waals surface area contributed by atoms with Crippen LogP contribution in [-0.4, -0.2) is 44.4 Å². The standard InChI is InChI=1S/C27H35N5OS/c1-21(2)18-24(22-12-6-3-7-13-22)28-26(33)20-34-27-30-29-25(19-31-16-10-5-11-17-31)32(27)23-14-8-4-9-15-23/h3-4,6-9,12-15,21,24H,5,10-11,16-20H2,1-2H3,(H,28,33). The van der Waals surface area contributed by atoms with Crippen LogP contribution in [0.4, 0.5) is 0 Å². The Balaban J connectivity index is 1.46. The molecule has 2 aromatic carbocycles. The molecule has 180 valence electrons. The van der Waals surface area contributed by atoms with Gasteiger partial charge in [-0.1, -0.05) is 80.6 Å². The minimum atomic E-state index is 0.0101. The van der Waals surface area contributed by atoms with E-state index in [0.717, 1.165) is 48.3 Å². The number of piperidine rings is 1. The molecule has 1 aromatic heterocycles. The minimum absolute atomic E-state index is 0.0101. The Hall–Kier alpha value is -2.64. The van der Waals surface area contributed by atoms with Crippen molar-refractivity contribution in [1.29, 1.82) is 0 Å². The van der Waals surface area contributed by atoms with Gasteiger partial charge in [0.2, 0.25) is 5.91 Å². The number of nitrogens with one attached hydrogen (secondary N) is 1. The molecule has 0 aliphatic carbocycles.